The maximum Gasteiger partial charge on any atom is 0.459 e. The first-order chi connectivity index (χ1) is 6.54. The Morgan fingerprint density at radius 2 is 1.14 bits per heavy atom. The van der Waals surface area contributed by atoms with Crippen LogP contribution in [0.3, 0.4) is 0 Å². The molecule has 0 aromatic carbocycles. The van der Waals surface area contributed by atoms with Crippen molar-refractivity contribution in [2.45, 2.75) is 6.82 Å². The van der Waals surface area contributed by atoms with E-state index >= 15 is 0 Å². The summed E-state index contributed by atoms with van der Waals surface area (Å²) in [5.41, 5.74) is 0. The highest BCUT2D eigenvalue weighted by atomic mass is 16.5. The molecule has 5 nitrogen and oxygen atoms in total. The van der Waals surface area contributed by atoms with Gasteiger partial charge in [0.25, 0.3) is 6.98 Å². The highest BCUT2D eigenvalue weighted by Crippen LogP contribution is 2.15. The Balaban J connectivity index is 2.82. The minimum Gasteiger partial charge on any atom is -0.412 e. The molecule has 0 atom stereocenters. The van der Waals surface area contributed by atoms with Gasteiger partial charge in [0.1, 0.15) is 0 Å². The second kappa shape index (κ2) is 4.68. The van der Waals surface area contributed by atoms with Crippen LogP contribution < -0.4 is 0 Å². The molecule has 0 aliphatic carbocycles. The molecule has 0 unspecified atom stereocenters. The molecule has 0 radical (unpaired) electrons. The second-order valence-electron chi connectivity index (χ2n) is 3.75. The lowest BCUT2D eigenvalue weighted by molar-refractivity contribution is 0.275. The van der Waals surface area contributed by atoms with Crippen LogP contribution >= 0.6 is 0 Å². The van der Waals surface area contributed by atoms with Crippen LogP contribution in [0.1, 0.15) is 0 Å². The smallest absolute Gasteiger partial charge is 0.412 e. The molecule has 1 aliphatic rings. The van der Waals surface area contributed by atoms with E-state index in [1.165, 1.54) is 0 Å². The van der Waals surface area contributed by atoms with Gasteiger partial charge in [-0.15, -0.1) is 0 Å². The van der Waals surface area contributed by atoms with Crippen LogP contribution in [0.5, 0.6) is 0 Å². The maximum absolute atomic E-state index is 5.41. The van der Waals surface area contributed by atoms with Crippen LogP contribution in [0.25, 0.3) is 0 Å². The standard InChI is InChI=1S/C6H18B3N3O2/c1-7-10(2)8(13-5)12(4)9(14-6)11(7)3/h1-6H3. The Morgan fingerprint density at radius 1 is 0.786 bits per heavy atom. The van der Waals surface area contributed by atoms with Crippen LogP contribution in [0, 0.1) is 0 Å². The lowest BCUT2D eigenvalue weighted by atomic mass is 9.56. The quantitative estimate of drug-likeness (QED) is 0.538. The van der Waals surface area contributed by atoms with Gasteiger partial charge < -0.3 is 23.5 Å². The van der Waals surface area contributed by atoms with Crippen molar-refractivity contribution < 1.29 is 9.31 Å². The SMILES string of the molecule is COB1N(C)B(C)N(C)B(OC)N1C. The molecule has 78 valence electrons. The molecule has 0 aromatic rings. The zero-order chi connectivity index (χ0) is 10.9. The summed E-state index contributed by atoms with van der Waals surface area (Å²) in [6.07, 6.45) is 0. The second-order valence-corrected chi connectivity index (χ2v) is 3.75. The number of hydrogen-bond acceptors (Lipinski definition) is 5. The third-order valence-corrected chi connectivity index (χ3v) is 2.99. The third kappa shape index (κ3) is 1.85. The molecule has 0 aromatic heterocycles. The van der Waals surface area contributed by atoms with Crippen LogP contribution in [-0.2, 0) is 9.31 Å². The summed E-state index contributed by atoms with van der Waals surface area (Å²) in [6, 6.07) is 0. The highest BCUT2D eigenvalue weighted by Gasteiger charge is 2.48. The predicted octanol–water partition coefficient (Wildman–Crippen LogP) is -0.824. The first-order valence-electron chi connectivity index (χ1n) is 4.76. The lowest BCUT2D eigenvalue weighted by Gasteiger charge is -2.46. The highest BCUT2D eigenvalue weighted by molar-refractivity contribution is 6.81. The van der Waals surface area contributed by atoms with E-state index in [0.29, 0.717) is 6.98 Å². The van der Waals surface area contributed by atoms with Gasteiger partial charge in [-0.05, 0) is 21.1 Å². The summed E-state index contributed by atoms with van der Waals surface area (Å²) in [5, 5.41) is 0. The van der Waals surface area contributed by atoms with E-state index in [1.54, 1.807) is 14.2 Å². The first kappa shape index (κ1) is 12.1. The van der Waals surface area contributed by atoms with Crippen molar-refractivity contribution in [3.8, 4) is 0 Å². The van der Waals surface area contributed by atoms with Crippen LogP contribution in [0.2, 0.25) is 6.82 Å². The van der Waals surface area contributed by atoms with Crippen LogP contribution in [0.15, 0.2) is 0 Å². The number of nitrogens with zero attached hydrogens (tertiary/aromatic N) is 3. The van der Waals surface area contributed by atoms with Gasteiger partial charge >= 0.3 is 14.4 Å². The van der Waals surface area contributed by atoms with E-state index < -0.39 is 0 Å². The zero-order valence-electron chi connectivity index (χ0n) is 9.89. The monoisotopic (exact) mass is 197 g/mol. The topological polar surface area (TPSA) is 28.2 Å². The largest absolute Gasteiger partial charge is 0.459 e. The Hall–Kier alpha value is -0.00519. The summed E-state index contributed by atoms with van der Waals surface area (Å²) in [4.78, 5) is 0. The zero-order valence-corrected chi connectivity index (χ0v) is 9.89. The van der Waals surface area contributed by atoms with Gasteiger partial charge in [-0.2, -0.15) is 0 Å². The molecule has 8 heteroatoms. The summed E-state index contributed by atoms with van der Waals surface area (Å²) >= 11 is 0. The fourth-order valence-corrected chi connectivity index (χ4v) is 2.01. The lowest BCUT2D eigenvalue weighted by Crippen LogP contribution is -2.75. The van der Waals surface area contributed by atoms with Gasteiger partial charge in [0.05, 0.1) is 0 Å². The van der Waals surface area contributed by atoms with Crippen molar-refractivity contribution in [3.63, 3.8) is 0 Å². The molecule has 1 rings (SSSR count). The Morgan fingerprint density at radius 3 is 1.43 bits per heavy atom. The van der Waals surface area contributed by atoms with Crippen LogP contribution in [-0.4, -0.2) is 70.9 Å². The molecule has 0 saturated carbocycles. The molecule has 1 aliphatic heterocycles. The summed E-state index contributed by atoms with van der Waals surface area (Å²) in [6.45, 7) is 2.42. The summed E-state index contributed by atoms with van der Waals surface area (Å²) < 4.78 is 17.2. The van der Waals surface area contributed by atoms with E-state index in [1.807, 2.05) is 25.9 Å². The fourth-order valence-electron chi connectivity index (χ4n) is 2.01. The van der Waals surface area contributed by atoms with Crippen molar-refractivity contribution in [2.24, 2.45) is 0 Å². The van der Waals surface area contributed by atoms with Gasteiger partial charge in [0.2, 0.25) is 0 Å². The fraction of sp³-hybridized carbons (Fsp3) is 1.00. The Kier molecular flexibility index (Phi) is 4.03. The molecule has 1 saturated heterocycles. The van der Waals surface area contributed by atoms with E-state index in [-0.39, 0.29) is 14.4 Å². The van der Waals surface area contributed by atoms with Gasteiger partial charge in [0, 0.05) is 14.2 Å². The molecule has 14 heavy (non-hydrogen) atoms. The average molecular weight is 197 g/mol. The van der Waals surface area contributed by atoms with Gasteiger partial charge in [-0.1, -0.05) is 6.82 Å². The Bertz CT molecular complexity index is 181. The van der Waals surface area contributed by atoms with E-state index in [4.69, 9.17) is 9.31 Å². The van der Waals surface area contributed by atoms with Gasteiger partial charge in [0.15, 0.2) is 0 Å². The molecule has 0 spiro atoms. The molecular formula is C6H18B3N3O2. The van der Waals surface area contributed by atoms with E-state index in [2.05, 4.69) is 16.3 Å². The summed E-state index contributed by atoms with van der Waals surface area (Å²) in [5.74, 6) is 0. The molecule has 1 fully saturated rings. The van der Waals surface area contributed by atoms with Crippen molar-refractivity contribution in [1.82, 2.24) is 14.2 Å². The minimum atomic E-state index is -0.0360. The average Bonchev–Trinajstić information content (AvgIpc) is 2.16. The number of rotatable bonds is 2. The molecule has 0 amide bonds. The third-order valence-electron chi connectivity index (χ3n) is 2.99. The minimum absolute atomic E-state index is 0.0360. The van der Waals surface area contributed by atoms with Crippen LogP contribution in [0.4, 0.5) is 0 Å². The normalized spacial score (nSPS) is 22.3. The predicted molar refractivity (Wildman–Crippen MR) is 60.4 cm³/mol. The van der Waals surface area contributed by atoms with Crippen molar-refractivity contribution in [2.75, 3.05) is 35.4 Å². The molecule has 1 heterocycles. The van der Waals surface area contributed by atoms with Crippen molar-refractivity contribution >= 4 is 21.4 Å². The summed E-state index contributed by atoms with van der Waals surface area (Å²) in [7, 11) is 9.42. The molecule has 0 N–H and O–H groups in total. The van der Waals surface area contributed by atoms with Gasteiger partial charge in [-0.25, -0.2) is 0 Å². The van der Waals surface area contributed by atoms with Crippen molar-refractivity contribution in [1.29, 1.82) is 0 Å². The van der Waals surface area contributed by atoms with Gasteiger partial charge in [-0.3, -0.25) is 0 Å². The molecular weight excluding hydrogens is 179 g/mol. The van der Waals surface area contributed by atoms with Crippen molar-refractivity contribution in [3.05, 3.63) is 0 Å². The molecule has 0 bridgehead atoms. The van der Waals surface area contributed by atoms with E-state index in [0.717, 1.165) is 0 Å². The Labute approximate surface area is 87.7 Å². The van der Waals surface area contributed by atoms with E-state index in [9.17, 15) is 0 Å². The first-order valence-corrected chi connectivity index (χ1v) is 4.76. The maximum atomic E-state index is 5.41. The number of hydrogen-bond donors (Lipinski definition) is 0.